The van der Waals surface area contributed by atoms with E-state index in [1.807, 2.05) is 30.3 Å². The summed E-state index contributed by atoms with van der Waals surface area (Å²) in [6.45, 7) is 1.16. The molecule has 0 N–H and O–H groups in total. The standard InChI is InChI=1S/C16H18ClNO3/c1-18(16(19)15-9-8-14(12-17)21-15)10-5-11-20-13-6-3-2-4-7-13/h2-4,6-9H,5,10-12H2,1H3. The van der Waals surface area contributed by atoms with E-state index in [0.29, 0.717) is 24.7 Å². The number of benzene rings is 1. The first-order valence-corrected chi connectivity index (χ1v) is 7.32. The van der Waals surface area contributed by atoms with Crippen LogP contribution in [-0.2, 0) is 5.88 Å². The lowest BCUT2D eigenvalue weighted by Crippen LogP contribution is -2.28. The minimum absolute atomic E-state index is 0.147. The quantitative estimate of drug-likeness (QED) is 0.580. The fourth-order valence-corrected chi connectivity index (χ4v) is 2.01. The van der Waals surface area contributed by atoms with Crippen molar-refractivity contribution >= 4 is 17.5 Å². The van der Waals surface area contributed by atoms with Crippen LogP contribution in [-0.4, -0.2) is 31.0 Å². The Kier molecular flexibility index (Phi) is 5.69. The molecule has 0 unspecified atom stereocenters. The second kappa shape index (κ2) is 7.74. The van der Waals surface area contributed by atoms with Gasteiger partial charge in [0, 0.05) is 13.6 Å². The predicted molar refractivity (Wildman–Crippen MR) is 81.8 cm³/mol. The van der Waals surface area contributed by atoms with Gasteiger partial charge in [0.05, 0.1) is 12.5 Å². The zero-order chi connectivity index (χ0) is 15.1. The number of ether oxygens (including phenoxy) is 1. The summed E-state index contributed by atoms with van der Waals surface area (Å²) in [4.78, 5) is 13.7. The normalized spacial score (nSPS) is 10.4. The Morgan fingerprint density at radius 3 is 2.67 bits per heavy atom. The van der Waals surface area contributed by atoms with E-state index in [1.165, 1.54) is 0 Å². The highest BCUT2D eigenvalue weighted by molar-refractivity contribution is 6.16. The van der Waals surface area contributed by atoms with Crippen LogP contribution in [0.25, 0.3) is 0 Å². The molecular formula is C16H18ClNO3. The Bertz CT molecular complexity index is 568. The molecule has 112 valence electrons. The molecule has 0 bridgehead atoms. The zero-order valence-electron chi connectivity index (χ0n) is 11.9. The van der Waals surface area contributed by atoms with E-state index in [0.717, 1.165) is 12.2 Å². The monoisotopic (exact) mass is 307 g/mol. The number of hydrogen-bond donors (Lipinski definition) is 0. The molecule has 21 heavy (non-hydrogen) atoms. The Balaban J connectivity index is 1.74. The first kappa shape index (κ1) is 15.4. The van der Waals surface area contributed by atoms with E-state index in [2.05, 4.69) is 0 Å². The van der Waals surface area contributed by atoms with Gasteiger partial charge in [-0.25, -0.2) is 0 Å². The van der Waals surface area contributed by atoms with Gasteiger partial charge >= 0.3 is 0 Å². The van der Waals surface area contributed by atoms with Gasteiger partial charge in [0.15, 0.2) is 5.76 Å². The van der Waals surface area contributed by atoms with Crippen molar-refractivity contribution in [2.24, 2.45) is 0 Å². The van der Waals surface area contributed by atoms with Crippen LogP contribution in [0.1, 0.15) is 22.7 Å². The van der Waals surface area contributed by atoms with Gasteiger partial charge in [-0.3, -0.25) is 4.79 Å². The Labute approximate surface area is 129 Å². The maximum atomic E-state index is 12.1. The average molecular weight is 308 g/mol. The maximum Gasteiger partial charge on any atom is 0.289 e. The van der Waals surface area contributed by atoms with Gasteiger partial charge in [0.2, 0.25) is 0 Å². The van der Waals surface area contributed by atoms with Crippen molar-refractivity contribution in [3.63, 3.8) is 0 Å². The number of hydrogen-bond acceptors (Lipinski definition) is 3. The van der Waals surface area contributed by atoms with Gasteiger partial charge in [-0.05, 0) is 30.7 Å². The Morgan fingerprint density at radius 1 is 1.24 bits per heavy atom. The van der Waals surface area contributed by atoms with Gasteiger partial charge in [-0.2, -0.15) is 0 Å². The smallest absolute Gasteiger partial charge is 0.289 e. The van der Waals surface area contributed by atoms with Crippen molar-refractivity contribution in [2.45, 2.75) is 12.3 Å². The number of carbonyl (C=O) groups excluding carboxylic acids is 1. The first-order valence-electron chi connectivity index (χ1n) is 6.78. The highest BCUT2D eigenvalue weighted by atomic mass is 35.5. The third-order valence-corrected chi connectivity index (χ3v) is 3.26. The number of amides is 1. The molecule has 2 rings (SSSR count). The van der Waals surface area contributed by atoms with Gasteiger partial charge < -0.3 is 14.1 Å². The fraction of sp³-hybridized carbons (Fsp3) is 0.312. The second-order valence-electron chi connectivity index (χ2n) is 4.64. The summed E-state index contributed by atoms with van der Waals surface area (Å²) in [6.07, 6.45) is 0.750. The lowest BCUT2D eigenvalue weighted by Gasteiger charge is -2.15. The van der Waals surface area contributed by atoms with Gasteiger partial charge in [-0.15, -0.1) is 11.6 Å². The molecule has 0 saturated carbocycles. The fourth-order valence-electron chi connectivity index (χ4n) is 1.86. The molecule has 1 aromatic heterocycles. The first-order chi connectivity index (χ1) is 10.2. The summed E-state index contributed by atoms with van der Waals surface area (Å²) in [5.74, 6) is 1.87. The van der Waals surface area contributed by atoms with Crippen molar-refractivity contribution in [3.05, 3.63) is 54.0 Å². The van der Waals surface area contributed by atoms with Crippen LogP contribution in [0.3, 0.4) is 0 Å². The Hall–Kier alpha value is -1.94. The molecule has 0 fully saturated rings. The molecule has 2 aromatic rings. The zero-order valence-corrected chi connectivity index (χ0v) is 12.7. The summed E-state index contributed by atoms with van der Waals surface area (Å²) in [6, 6.07) is 13.0. The molecule has 1 heterocycles. The van der Waals surface area contributed by atoms with Crippen LogP contribution >= 0.6 is 11.6 Å². The highest BCUT2D eigenvalue weighted by Gasteiger charge is 2.15. The highest BCUT2D eigenvalue weighted by Crippen LogP contribution is 2.12. The van der Waals surface area contributed by atoms with Crippen LogP contribution in [0.4, 0.5) is 0 Å². The maximum absolute atomic E-state index is 12.1. The molecule has 0 spiro atoms. The van der Waals surface area contributed by atoms with E-state index in [-0.39, 0.29) is 11.8 Å². The van der Waals surface area contributed by atoms with Crippen molar-refractivity contribution < 1.29 is 13.9 Å². The Morgan fingerprint density at radius 2 is 2.00 bits per heavy atom. The van der Waals surface area contributed by atoms with Gasteiger partial charge in [0.25, 0.3) is 5.91 Å². The third-order valence-electron chi connectivity index (χ3n) is 3.00. The summed E-state index contributed by atoms with van der Waals surface area (Å²) < 4.78 is 10.9. The summed E-state index contributed by atoms with van der Waals surface area (Å²) in [5, 5.41) is 0. The molecule has 0 atom stereocenters. The van der Waals surface area contributed by atoms with Crippen molar-refractivity contribution in [3.8, 4) is 5.75 Å². The van der Waals surface area contributed by atoms with E-state index >= 15 is 0 Å². The van der Waals surface area contributed by atoms with Crippen LogP contribution in [0.15, 0.2) is 46.9 Å². The molecule has 0 saturated heterocycles. The number of alkyl halides is 1. The molecule has 0 aliphatic carbocycles. The van der Waals surface area contributed by atoms with Crippen molar-refractivity contribution in [1.82, 2.24) is 4.90 Å². The molecule has 1 amide bonds. The topological polar surface area (TPSA) is 42.7 Å². The van der Waals surface area contributed by atoms with Gasteiger partial charge in [0.1, 0.15) is 11.5 Å². The summed E-state index contributed by atoms with van der Waals surface area (Å²) in [5.41, 5.74) is 0. The number of nitrogens with zero attached hydrogens (tertiary/aromatic N) is 1. The number of halogens is 1. The largest absolute Gasteiger partial charge is 0.494 e. The number of rotatable bonds is 7. The summed E-state index contributed by atoms with van der Waals surface area (Å²) >= 11 is 5.65. The van der Waals surface area contributed by atoms with Gasteiger partial charge in [-0.1, -0.05) is 18.2 Å². The van der Waals surface area contributed by atoms with Crippen LogP contribution in [0.2, 0.25) is 0 Å². The molecular weight excluding hydrogens is 290 g/mol. The van der Waals surface area contributed by atoms with Crippen molar-refractivity contribution in [2.75, 3.05) is 20.2 Å². The van der Waals surface area contributed by atoms with Crippen LogP contribution in [0, 0.1) is 0 Å². The lowest BCUT2D eigenvalue weighted by molar-refractivity contribution is 0.0755. The number of furan rings is 1. The molecule has 0 aliphatic rings. The SMILES string of the molecule is CN(CCCOc1ccccc1)C(=O)c1ccc(CCl)o1. The van der Waals surface area contributed by atoms with Crippen LogP contribution < -0.4 is 4.74 Å². The van der Waals surface area contributed by atoms with E-state index < -0.39 is 0 Å². The average Bonchev–Trinajstić information content (AvgIpc) is 3.00. The number of carbonyl (C=O) groups is 1. The number of para-hydroxylation sites is 1. The minimum Gasteiger partial charge on any atom is -0.494 e. The van der Waals surface area contributed by atoms with Crippen molar-refractivity contribution in [1.29, 1.82) is 0 Å². The molecule has 5 heteroatoms. The molecule has 1 aromatic carbocycles. The predicted octanol–water partition coefficient (Wildman–Crippen LogP) is 3.56. The van der Waals surface area contributed by atoms with E-state index in [4.69, 9.17) is 20.8 Å². The van der Waals surface area contributed by atoms with Crippen LogP contribution in [0.5, 0.6) is 5.75 Å². The lowest BCUT2D eigenvalue weighted by atomic mass is 10.3. The van der Waals surface area contributed by atoms with E-state index in [9.17, 15) is 4.79 Å². The van der Waals surface area contributed by atoms with E-state index in [1.54, 1.807) is 24.1 Å². The third kappa shape index (κ3) is 4.53. The summed E-state index contributed by atoms with van der Waals surface area (Å²) in [7, 11) is 1.74. The minimum atomic E-state index is -0.147. The molecule has 0 aliphatic heterocycles. The molecule has 0 radical (unpaired) electrons. The second-order valence-corrected chi connectivity index (χ2v) is 4.91. The molecule has 4 nitrogen and oxygen atoms in total.